The Morgan fingerprint density at radius 3 is 3.00 bits per heavy atom. The lowest BCUT2D eigenvalue weighted by Gasteiger charge is -2.14. The molecule has 1 aromatic carbocycles. The molecule has 0 aromatic heterocycles. The highest BCUT2D eigenvalue weighted by atomic mass is 35.5. The number of carbonyl (C=O) groups excluding carboxylic acids is 1. The van der Waals surface area contributed by atoms with Gasteiger partial charge in [-0.2, -0.15) is 8.78 Å². The lowest BCUT2D eigenvalue weighted by atomic mass is 10.1. The molecule has 0 spiro atoms. The first-order valence-corrected chi connectivity index (χ1v) is 6.68. The topological polar surface area (TPSA) is 50.4 Å². The summed E-state index contributed by atoms with van der Waals surface area (Å²) >= 11 is 5.83. The fourth-order valence-corrected chi connectivity index (χ4v) is 2.31. The molecule has 0 bridgehead atoms. The number of halogens is 3. The van der Waals surface area contributed by atoms with E-state index in [-0.39, 0.29) is 24.2 Å². The number of amides is 1. The number of nitrogens with one attached hydrogen (secondary N) is 2. The molecule has 7 heteroatoms. The van der Waals surface area contributed by atoms with Gasteiger partial charge in [-0.25, -0.2) is 0 Å². The first-order chi connectivity index (χ1) is 9.56. The second-order valence-electron chi connectivity index (χ2n) is 4.50. The fraction of sp³-hybridized carbons (Fsp3) is 0.462. The Morgan fingerprint density at radius 1 is 1.55 bits per heavy atom. The van der Waals surface area contributed by atoms with Gasteiger partial charge in [0.1, 0.15) is 5.75 Å². The molecule has 1 atom stereocenters. The number of hydrogen-bond acceptors (Lipinski definition) is 3. The van der Waals surface area contributed by atoms with Crippen LogP contribution < -0.4 is 15.4 Å². The standard InChI is InChI=1S/C13H15ClF2N2O2/c14-9-3-4-11(20-13(15)16)8(6-9)7-18-12(19)10-2-1-5-17-10/h3-4,6,10,13,17H,1-2,5,7H2,(H,18,19). The number of hydrogen-bond donors (Lipinski definition) is 2. The van der Waals surface area contributed by atoms with Gasteiger partial charge < -0.3 is 15.4 Å². The molecule has 1 fully saturated rings. The highest BCUT2D eigenvalue weighted by molar-refractivity contribution is 6.30. The smallest absolute Gasteiger partial charge is 0.387 e. The summed E-state index contributed by atoms with van der Waals surface area (Å²) in [6.45, 7) is -2.00. The van der Waals surface area contributed by atoms with Crippen LogP contribution >= 0.6 is 11.6 Å². The van der Waals surface area contributed by atoms with Crippen molar-refractivity contribution in [2.45, 2.75) is 32.0 Å². The average molecular weight is 305 g/mol. The number of carbonyl (C=O) groups is 1. The molecule has 1 aliphatic heterocycles. The molecule has 2 N–H and O–H groups in total. The summed E-state index contributed by atoms with van der Waals surface area (Å²) in [6.07, 6.45) is 1.73. The van der Waals surface area contributed by atoms with Crippen molar-refractivity contribution in [3.63, 3.8) is 0 Å². The number of benzene rings is 1. The predicted molar refractivity (Wildman–Crippen MR) is 71.0 cm³/mol. The van der Waals surface area contributed by atoms with Crippen LogP contribution in [-0.4, -0.2) is 25.1 Å². The minimum Gasteiger partial charge on any atom is -0.434 e. The maximum Gasteiger partial charge on any atom is 0.387 e. The van der Waals surface area contributed by atoms with E-state index in [9.17, 15) is 13.6 Å². The van der Waals surface area contributed by atoms with Gasteiger partial charge in [-0.15, -0.1) is 0 Å². The van der Waals surface area contributed by atoms with Gasteiger partial charge in [0.05, 0.1) is 6.04 Å². The minimum atomic E-state index is -2.91. The molecule has 1 aromatic rings. The summed E-state index contributed by atoms with van der Waals surface area (Å²) in [6, 6.07) is 4.11. The number of alkyl halides is 2. The van der Waals surface area contributed by atoms with E-state index in [4.69, 9.17) is 11.6 Å². The molecule has 110 valence electrons. The molecular formula is C13H15ClF2N2O2. The lowest BCUT2D eigenvalue weighted by molar-refractivity contribution is -0.122. The van der Waals surface area contributed by atoms with Crippen LogP contribution in [-0.2, 0) is 11.3 Å². The minimum absolute atomic E-state index is 0.0177. The van der Waals surface area contributed by atoms with Crippen molar-refractivity contribution in [3.05, 3.63) is 28.8 Å². The van der Waals surface area contributed by atoms with Crippen molar-refractivity contribution in [1.82, 2.24) is 10.6 Å². The Morgan fingerprint density at radius 2 is 2.35 bits per heavy atom. The summed E-state index contributed by atoms with van der Waals surface area (Å²) < 4.78 is 29.0. The predicted octanol–water partition coefficient (Wildman–Crippen LogP) is 2.31. The molecule has 1 aliphatic rings. The number of rotatable bonds is 5. The van der Waals surface area contributed by atoms with Crippen LogP contribution in [0.25, 0.3) is 0 Å². The largest absolute Gasteiger partial charge is 0.434 e. The SMILES string of the molecule is O=C(NCc1cc(Cl)ccc1OC(F)F)C1CCCN1. The third-order valence-corrected chi connectivity index (χ3v) is 3.30. The molecule has 1 heterocycles. The van der Waals surface area contributed by atoms with E-state index in [2.05, 4.69) is 15.4 Å². The maximum absolute atomic E-state index is 12.3. The zero-order valence-corrected chi connectivity index (χ0v) is 11.4. The maximum atomic E-state index is 12.3. The Bertz CT molecular complexity index is 479. The van der Waals surface area contributed by atoms with Crippen LogP contribution in [0.3, 0.4) is 0 Å². The third kappa shape index (κ3) is 4.05. The van der Waals surface area contributed by atoms with Crippen LogP contribution in [0.4, 0.5) is 8.78 Å². The Labute approximate surface area is 120 Å². The van der Waals surface area contributed by atoms with Crippen molar-refractivity contribution in [2.24, 2.45) is 0 Å². The van der Waals surface area contributed by atoms with E-state index in [1.165, 1.54) is 18.2 Å². The van der Waals surface area contributed by atoms with E-state index in [1.807, 2.05) is 0 Å². The number of ether oxygens (including phenoxy) is 1. The van der Waals surface area contributed by atoms with Gasteiger partial charge in [-0.1, -0.05) is 11.6 Å². The second kappa shape index (κ2) is 6.85. The van der Waals surface area contributed by atoms with Crippen LogP contribution in [0.15, 0.2) is 18.2 Å². The van der Waals surface area contributed by atoms with Gasteiger partial charge in [0.15, 0.2) is 0 Å². The first kappa shape index (κ1) is 15.0. The zero-order chi connectivity index (χ0) is 14.5. The van der Waals surface area contributed by atoms with Gasteiger partial charge in [0, 0.05) is 17.1 Å². The van der Waals surface area contributed by atoms with E-state index in [1.54, 1.807) is 0 Å². The van der Waals surface area contributed by atoms with E-state index in [0.717, 1.165) is 19.4 Å². The third-order valence-electron chi connectivity index (χ3n) is 3.07. The van der Waals surface area contributed by atoms with Crippen molar-refractivity contribution < 1.29 is 18.3 Å². The van der Waals surface area contributed by atoms with Crippen molar-refractivity contribution in [3.8, 4) is 5.75 Å². The highest BCUT2D eigenvalue weighted by Gasteiger charge is 2.22. The van der Waals surface area contributed by atoms with Gasteiger partial charge >= 0.3 is 6.61 Å². The first-order valence-electron chi connectivity index (χ1n) is 6.30. The molecule has 20 heavy (non-hydrogen) atoms. The molecule has 0 aliphatic carbocycles. The summed E-state index contributed by atoms with van der Waals surface area (Å²) in [5.41, 5.74) is 0.421. The van der Waals surface area contributed by atoms with Crippen LogP contribution in [0.5, 0.6) is 5.75 Å². The summed E-state index contributed by atoms with van der Waals surface area (Å²) in [7, 11) is 0. The van der Waals surface area contributed by atoms with Crippen LogP contribution in [0, 0.1) is 0 Å². The zero-order valence-electron chi connectivity index (χ0n) is 10.7. The molecule has 0 radical (unpaired) electrons. The molecule has 2 rings (SSSR count). The van der Waals surface area contributed by atoms with E-state index in [0.29, 0.717) is 10.6 Å². The van der Waals surface area contributed by atoms with Gasteiger partial charge in [0.2, 0.25) is 5.91 Å². The van der Waals surface area contributed by atoms with E-state index >= 15 is 0 Å². The van der Waals surface area contributed by atoms with Gasteiger partial charge in [-0.05, 0) is 37.6 Å². The highest BCUT2D eigenvalue weighted by Crippen LogP contribution is 2.24. The van der Waals surface area contributed by atoms with Crippen LogP contribution in [0.2, 0.25) is 5.02 Å². The Balaban J connectivity index is 2.00. The molecular weight excluding hydrogens is 290 g/mol. The lowest BCUT2D eigenvalue weighted by Crippen LogP contribution is -2.40. The van der Waals surface area contributed by atoms with Crippen LogP contribution in [0.1, 0.15) is 18.4 Å². The molecule has 4 nitrogen and oxygen atoms in total. The summed E-state index contributed by atoms with van der Waals surface area (Å²) in [4.78, 5) is 11.8. The Hall–Kier alpha value is -1.40. The molecule has 0 saturated carbocycles. The summed E-state index contributed by atoms with van der Waals surface area (Å²) in [5, 5.41) is 6.16. The van der Waals surface area contributed by atoms with Crippen molar-refractivity contribution >= 4 is 17.5 Å². The summed E-state index contributed by atoms with van der Waals surface area (Å²) in [5.74, 6) is -0.130. The van der Waals surface area contributed by atoms with Crippen molar-refractivity contribution in [1.29, 1.82) is 0 Å². The average Bonchev–Trinajstić information content (AvgIpc) is 2.92. The molecule has 1 unspecified atom stereocenters. The normalized spacial score (nSPS) is 18.3. The van der Waals surface area contributed by atoms with E-state index < -0.39 is 6.61 Å². The van der Waals surface area contributed by atoms with Gasteiger partial charge in [0.25, 0.3) is 0 Å². The fourth-order valence-electron chi connectivity index (χ4n) is 2.11. The van der Waals surface area contributed by atoms with Gasteiger partial charge in [-0.3, -0.25) is 4.79 Å². The second-order valence-corrected chi connectivity index (χ2v) is 4.93. The monoisotopic (exact) mass is 304 g/mol. The quantitative estimate of drug-likeness (QED) is 0.877. The molecule has 1 amide bonds. The van der Waals surface area contributed by atoms with Crippen molar-refractivity contribution in [2.75, 3.05) is 6.54 Å². The Kier molecular flexibility index (Phi) is 5.14. The molecule has 1 saturated heterocycles.